The third-order valence-electron chi connectivity index (χ3n) is 3.96. The number of hydrogen-bond acceptors (Lipinski definition) is 8. The van der Waals surface area contributed by atoms with Gasteiger partial charge in [-0.05, 0) is 0 Å². The summed E-state index contributed by atoms with van der Waals surface area (Å²) >= 11 is 17.3. The highest BCUT2D eigenvalue weighted by atomic mass is 35.5. The first kappa shape index (κ1) is 19.9. The first-order valence-corrected chi connectivity index (χ1v) is 8.42. The molecule has 2 aliphatic heterocycles. The Morgan fingerprint density at radius 3 is 2.13 bits per heavy atom. The highest BCUT2D eigenvalue weighted by Gasteiger charge is 2.58. The Balaban J connectivity index is 2.18. The normalized spacial score (nSPS) is 51.1. The maximum absolute atomic E-state index is 10.1. The molecule has 2 rings (SSSR count). The van der Waals surface area contributed by atoms with Crippen LogP contribution in [0.25, 0.3) is 0 Å². The van der Waals surface area contributed by atoms with Crippen molar-refractivity contribution in [1.29, 1.82) is 0 Å². The van der Waals surface area contributed by atoms with Crippen molar-refractivity contribution in [2.24, 2.45) is 0 Å². The van der Waals surface area contributed by atoms with Crippen LogP contribution in [0.3, 0.4) is 0 Å². The van der Waals surface area contributed by atoms with Gasteiger partial charge in [0.15, 0.2) is 6.29 Å². The monoisotopic (exact) mass is 396 g/mol. The van der Waals surface area contributed by atoms with Gasteiger partial charge in [0.2, 0.25) is 5.79 Å². The van der Waals surface area contributed by atoms with Gasteiger partial charge in [0, 0.05) is 0 Å². The topological polar surface area (TPSA) is 129 Å². The van der Waals surface area contributed by atoms with Gasteiger partial charge in [-0.1, -0.05) is 0 Å². The average Bonchev–Trinajstić information content (AvgIpc) is 2.80. The van der Waals surface area contributed by atoms with E-state index in [4.69, 9.17) is 49.0 Å². The molecule has 11 heteroatoms. The van der Waals surface area contributed by atoms with E-state index in [1.165, 1.54) is 0 Å². The molecule has 0 aromatic carbocycles. The smallest absolute Gasteiger partial charge is 0.214 e. The molecule has 0 aliphatic carbocycles. The summed E-state index contributed by atoms with van der Waals surface area (Å²) < 4.78 is 16.1. The third kappa shape index (κ3) is 3.58. The summed E-state index contributed by atoms with van der Waals surface area (Å²) in [5, 5.41) is 48.1. The van der Waals surface area contributed by atoms with Crippen LogP contribution in [0, 0.1) is 0 Å². The summed E-state index contributed by atoms with van der Waals surface area (Å²) in [6.07, 6.45) is -9.39. The molecule has 3 unspecified atom stereocenters. The van der Waals surface area contributed by atoms with Gasteiger partial charge in [-0.3, -0.25) is 0 Å². The highest BCUT2D eigenvalue weighted by molar-refractivity contribution is 6.21. The van der Waals surface area contributed by atoms with E-state index in [1.54, 1.807) is 0 Å². The van der Waals surface area contributed by atoms with Crippen LogP contribution < -0.4 is 0 Å². The summed E-state index contributed by atoms with van der Waals surface area (Å²) in [6, 6.07) is 0. The van der Waals surface area contributed by atoms with E-state index in [0.29, 0.717) is 0 Å². The van der Waals surface area contributed by atoms with Crippen LogP contribution >= 0.6 is 34.8 Å². The molecule has 0 bridgehead atoms. The zero-order chi connectivity index (χ0) is 17.4. The van der Waals surface area contributed by atoms with Crippen molar-refractivity contribution in [2.45, 2.75) is 54.1 Å². The van der Waals surface area contributed by atoms with Crippen LogP contribution in [0.5, 0.6) is 0 Å². The lowest BCUT2D eigenvalue weighted by molar-refractivity contribution is -0.357. The number of aliphatic hydroxyl groups excluding tert-OH is 5. The fraction of sp³-hybridized carbons (Fsp3) is 1.00. The van der Waals surface area contributed by atoms with E-state index in [-0.39, 0.29) is 5.88 Å². The molecule has 2 fully saturated rings. The van der Waals surface area contributed by atoms with Crippen molar-refractivity contribution in [2.75, 3.05) is 18.4 Å². The summed E-state index contributed by atoms with van der Waals surface area (Å²) in [5.74, 6) is -2.43. The molecule has 5 N–H and O–H groups in total. The molecule has 0 spiro atoms. The van der Waals surface area contributed by atoms with Crippen molar-refractivity contribution < 1.29 is 39.7 Å². The Morgan fingerprint density at radius 2 is 1.65 bits per heavy atom. The third-order valence-corrected chi connectivity index (χ3v) is 5.17. The SMILES string of the molecule is OCC1O[C@@H](O[C@]2(CCl)O[C@@H](CCl)[C@H](O)C2O)[C@@H](O)C(O)[C@H]1Cl. The van der Waals surface area contributed by atoms with Crippen LogP contribution in [0.15, 0.2) is 0 Å². The number of halogens is 3. The van der Waals surface area contributed by atoms with E-state index in [1.807, 2.05) is 0 Å². The Morgan fingerprint density at radius 1 is 1.00 bits per heavy atom. The van der Waals surface area contributed by atoms with Crippen molar-refractivity contribution in [3.05, 3.63) is 0 Å². The second kappa shape index (κ2) is 7.84. The highest BCUT2D eigenvalue weighted by Crippen LogP contribution is 2.37. The minimum Gasteiger partial charge on any atom is -0.394 e. The predicted molar refractivity (Wildman–Crippen MR) is 79.5 cm³/mol. The van der Waals surface area contributed by atoms with Crippen LogP contribution in [-0.4, -0.2) is 98.0 Å². The first-order valence-electron chi connectivity index (χ1n) is 6.91. The van der Waals surface area contributed by atoms with Gasteiger partial charge in [0.25, 0.3) is 0 Å². The van der Waals surface area contributed by atoms with Crippen LogP contribution in [0.2, 0.25) is 0 Å². The van der Waals surface area contributed by atoms with Gasteiger partial charge in [0.1, 0.15) is 36.6 Å². The average molecular weight is 398 g/mol. The lowest BCUT2D eigenvalue weighted by Gasteiger charge is -2.43. The standard InChI is InChI=1S/C12H19Cl3O8/c13-1-4-7(17)10(20)12(3-14,22-4)23-11-9(19)8(18)6(15)5(2-16)21-11/h4-11,16-20H,1-3H2/t4-,5?,6-,7-,8?,9-,10?,11-,12-/m0/s1. The number of aliphatic hydroxyl groups is 5. The molecule has 0 aromatic heterocycles. The summed E-state index contributed by atoms with van der Waals surface area (Å²) in [4.78, 5) is 0. The Labute approximate surface area is 147 Å². The van der Waals surface area contributed by atoms with E-state index >= 15 is 0 Å². The zero-order valence-corrected chi connectivity index (χ0v) is 14.1. The molecule has 136 valence electrons. The van der Waals surface area contributed by atoms with Gasteiger partial charge in [0.05, 0.1) is 23.7 Å². The fourth-order valence-corrected chi connectivity index (χ4v) is 3.37. The molecule has 2 heterocycles. The number of rotatable bonds is 5. The molecular weight excluding hydrogens is 378 g/mol. The molecule has 0 amide bonds. The molecule has 23 heavy (non-hydrogen) atoms. The molecule has 2 aliphatic rings. The second-order valence-corrected chi connectivity index (χ2v) is 6.54. The lowest BCUT2D eigenvalue weighted by atomic mass is 10.0. The minimum absolute atomic E-state index is 0.125. The number of ether oxygens (including phenoxy) is 3. The van der Waals surface area contributed by atoms with Crippen molar-refractivity contribution in [3.63, 3.8) is 0 Å². The molecule has 0 saturated carbocycles. The van der Waals surface area contributed by atoms with Crippen molar-refractivity contribution >= 4 is 34.8 Å². The van der Waals surface area contributed by atoms with E-state index in [9.17, 15) is 25.5 Å². The lowest BCUT2D eigenvalue weighted by Crippen LogP contribution is -2.61. The summed E-state index contributed by atoms with van der Waals surface area (Å²) in [5.41, 5.74) is 0. The van der Waals surface area contributed by atoms with Gasteiger partial charge in [-0.25, -0.2) is 0 Å². The van der Waals surface area contributed by atoms with Gasteiger partial charge in [-0.15, -0.1) is 34.8 Å². The Bertz CT molecular complexity index is 403. The van der Waals surface area contributed by atoms with Crippen LogP contribution in [-0.2, 0) is 14.2 Å². The molecule has 9 atom stereocenters. The van der Waals surface area contributed by atoms with Crippen LogP contribution in [0.4, 0.5) is 0 Å². The molecule has 8 nitrogen and oxygen atoms in total. The van der Waals surface area contributed by atoms with E-state index in [2.05, 4.69) is 0 Å². The summed E-state index contributed by atoms with van der Waals surface area (Å²) in [6.45, 7) is -0.526. The van der Waals surface area contributed by atoms with Crippen LogP contribution in [0.1, 0.15) is 0 Å². The predicted octanol–water partition coefficient (Wildman–Crippen LogP) is -1.66. The van der Waals surface area contributed by atoms with E-state index < -0.39 is 66.6 Å². The molecule has 0 aromatic rings. The zero-order valence-electron chi connectivity index (χ0n) is 11.8. The van der Waals surface area contributed by atoms with Gasteiger partial charge < -0.3 is 39.7 Å². The Kier molecular flexibility index (Phi) is 6.77. The quantitative estimate of drug-likeness (QED) is 0.349. The first-order chi connectivity index (χ1) is 10.8. The number of alkyl halides is 3. The molecule has 0 radical (unpaired) electrons. The summed E-state index contributed by atoms with van der Waals surface area (Å²) in [7, 11) is 0. The maximum Gasteiger partial charge on any atom is 0.214 e. The molecular formula is C12H19Cl3O8. The van der Waals surface area contributed by atoms with E-state index in [0.717, 1.165) is 0 Å². The fourth-order valence-electron chi connectivity index (χ4n) is 2.56. The largest absolute Gasteiger partial charge is 0.394 e. The number of hydrogen-bond donors (Lipinski definition) is 5. The van der Waals surface area contributed by atoms with Gasteiger partial charge >= 0.3 is 0 Å². The minimum atomic E-state index is -1.90. The second-order valence-electron chi connectivity index (χ2n) is 5.46. The molecule has 2 saturated heterocycles. The Hall–Kier alpha value is 0.550. The van der Waals surface area contributed by atoms with Gasteiger partial charge in [-0.2, -0.15) is 0 Å². The van der Waals surface area contributed by atoms with Crippen molar-refractivity contribution in [1.82, 2.24) is 0 Å². The van der Waals surface area contributed by atoms with Crippen molar-refractivity contribution in [3.8, 4) is 0 Å². The maximum atomic E-state index is 10.1.